The second kappa shape index (κ2) is 6.12. The second-order valence-corrected chi connectivity index (χ2v) is 6.60. The van der Waals surface area contributed by atoms with E-state index in [4.69, 9.17) is 16.7 Å². The number of hydrogen-bond acceptors (Lipinski definition) is 4. The van der Waals surface area contributed by atoms with E-state index in [0.717, 1.165) is 34.6 Å². The molecule has 110 valence electrons. The number of hydrogen-bond donors (Lipinski definition) is 1. The number of anilines is 1. The molecule has 1 unspecified atom stereocenters. The highest BCUT2D eigenvalue weighted by molar-refractivity contribution is 7.99. The number of aliphatic carboxylic acids is 1. The van der Waals surface area contributed by atoms with Gasteiger partial charge in [0.05, 0.1) is 11.9 Å². The molecule has 0 saturated carbocycles. The highest BCUT2D eigenvalue weighted by Gasteiger charge is 2.26. The monoisotopic (exact) mass is 322 g/mol. The van der Waals surface area contributed by atoms with Crippen LogP contribution in [0.4, 0.5) is 5.69 Å². The third-order valence-corrected chi connectivity index (χ3v) is 4.96. The quantitative estimate of drug-likeness (QED) is 0.939. The van der Waals surface area contributed by atoms with Crippen molar-refractivity contribution in [3.05, 3.63) is 35.5 Å². The Kier molecular flexibility index (Phi) is 4.22. The van der Waals surface area contributed by atoms with Gasteiger partial charge >= 0.3 is 5.97 Å². The van der Waals surface area contributed by atoms with Gasteiger partial charge in [0.2, 0.25) is 0 Å². The number of benzene rings is 1. The lowest BCUT2D eigenvalue weighted by molar-refractivity contribution is -0.137. The number of pyridine rings is 1. The van der Waals surface area contributed by atoms with Crippen LogP contribution in [-0.4, -0.2) is 40.2 Å². The third-order valence-electron chi connectivity index (χ3n) is 3.63. The van der Waals surface area contributed by atoms with E-state index in [9.17, 15) is 4.79 Å². The highest BCUT2D eigenvalue weighted by atomic mass is 35.5. The number of rotatable bonds is 3. The molecular weight excluding hydrogens is 308 g/mol. The standard InChI is InChI=1S/C15H15ClN2O2S/c16-10-1-2-12-13(7-10)17-4-3-14(12)18-5-6-21-9-11(18)8-15(19)20/h1-4,7,11H,5-6,8-9H2,(H,19,20). The van der Waals surface area contributed by atoms with Crippen molar-refractivity contribution in [1.82, 2.24) is 4.98 Å². The zero-order chi connectivity index (χ0) is 14.8. The van der Waals surface area contributed by atoms with E-state index in [1.54, 1.807) is 6.20 Å². The first-order valence-electron chi connectivity index (χ1n) is 6.75. The van der Waals surface area contributed by atoms with Gasteiger partial charge in [-0.25, -0.2) is 0 Å². The summed E-state index contributed by atoms with van der Waals surface area (Å²) in [7, 11) is 0. The lowest BCUT2D eigenvalue weighted by Crippen LogP contribution is -2.43. The van der Waals surface area contributed by atoms with Gasteiger partial charge in [-0.3, -0.25) is 9.78 Å². The first-order valence-corrected chi connectivity index (χ1v) is 8.29. The molecule has 0 bridgehead atoms. The summed E-state index contributed by atoms with van der Waals surface area (Å²) in [6, 6.07) is 7.62. The minimum atomic E-state index is -0.756. The van der Waals surface area contributed by atoms with Crippen molar-refractivity contribution in [1.29, 1.82) is 0 Å². The minimum Gasteiger partial charge on any atom is -0.481 e. The van der Waals surface area contributed by atoms with E-state index in [2.05, 4.69) is 9.88 Å². The van der Waals surface area contributed by atoms with Gasteiger partial charge < -0.3 is 10.0 Å². The first-order chi connectivity index (χ1) is 10.1. The van der Waals surface area contributed by atoms with Crippen LogP contribution < -0.4 is 4.90 Å². The molecule has 4 nitrogen and oxygen atoms in total. The van der Waals surface area contributed by atoms with Crippen LogP contribution in [0.5, 0.6) is 0 Å². The van der Waals surface area contributed by atoms with Crippen molar-refractivity contribution >= 4 is 45.9 Å². The molecule has 1 fully saturated rings. The van der Waals surface area contributed by atoms with Gasteiger partial charge in [0.25, 0.3) is 0 Å². The molecule has 1 atom stereocenters. The highest BCUT2D eigenvalue weighted by Crippen LogP contribution is 2.32. The van der Waals surface area contributed by atoms with Crippen molar-refractivity contribution in [2.75, 3.05) is 23.0 Å². The number of halogens is 1. The molecule has 2 heterocycles. The van der Waals surface area contributed by atoms with Crippen LogP contribution in [-0.2, 0) is 4.79 Å². The molecule has 21 heavy (non-hydrogen) atoms. The van der Waals surface area contributed by atoms with Crippen molar-refractivity contribution < 1.29 is 9.90 Å². The van der Waals surface area contributed by atoms with E-state index in [-0.39, 0.29) is 12.5 Å². The van der Waals surface area contributed by atoms with E-state index in [0.29, 0.717) is 5.02 Å². The number of fused-ring (bicyclic) bond motifs is 1. The summed E-state index contributed by atoms with van der Waals surface area (Å²) < 4.78 is 0. The van der Waals surface area contributed by atoms with Crippen molar-refractivity contribution in [3.8, 4) is 0 Å². The molecule has 3 rings (SSSR count). The van der Waals surface area contributed by atoms with Gasteiger partial charge in [0.1, 0.15) is 0 Å². The fourth-order valence-electron chi connectivity index (χ4n) is 2.70. The molecule has 1 saturated heterocycles. The van der Waals surface area contributed by atoms with Gasteiger partial charge in [-0.1, -0.05) is 11.6 Å². The molecular formula is C15H15ClN2O2S. The van der Waals surface area contributed by atoms with Crippen LogP contribution in [0.15, 0.2) is 30.5 Å². The normalized spacial score (nSPS) is 18.9. The van der Waals surface area contributed by atoms with E-state index < -0.39 is 5.97 Å². The third kappa shape index (κ3) is 3.09. The number of thioether (sulfide) groups is 1. The average Bonchev–Trinajstić information content (AvgIpc) is 2.46. The number of aromatic nitrogens is 1. The van der Waals surface area contributed by atoms with Crippen LogP contribution in [0, 0.1) is 0 Å². The van der Waals surface area contributed by atoms with Crippen LogP contribution in [0.1, 0.15) is 6.42 Å². The summed E-state index contributed by atoms with van der Waals surface area (Å²) in [5.41, 5.74) is 1.88. The Morgan fingerprint density at radius 1 is 1.48 bits per heavy atom. The summed E-state index contributed by atoms with van der Waals surface area (Å²) in [4.78, 5) is 17.6. The molecule has 1 aromatic carbocycles. The Morgan fingerprint density at radius 2 is 2.33 bits per heavy atom. The maximum absolute atomic E-state index is 11.1. The fraction of sp³-hybridized carbons (Fsp3) is 0.333. The zero-order valence-electron chi connectivity index (χ0n) is 11.3. The second-order valence-electron chi connectivity index (χ2n) is 5.01. The Labute approximate surface area is 132 Å². The molecule has 0 radical (unpaired) electrons. The SMILES string of the molecule is O=C(O)CC1CSCCN1c1ccnc2cc(Cl)ccc12. The molecule has 0 spiro atoms. The number of carboxylic acid groups (broad SMARTS) is 1. The van der Waals surface area contributed by atoms with Crippen LogP contribution >= 0.6 is 23.4 Å². The fourth-order valence-corrected chi connectivity index (χ4v) is 3.93. The Morgan fingerprint density at radius 3 is 3.14 bits per heavy atom. The molecule has 1 aliphatic heterocycles. The Hall–Kier alpha value is -1.46. The van der Waals surface area contributed by atoms with E-state index >= 15 is 0 Å². The summed E-state index contributed by atoms with van der Waals surface area (Å²) in [5.74, 6) is 1.09. The van der Waals surface area contributed by atoms with Gasteiger partial charge in [-0.15, -0.1) is 0 Å². The van der Waals surface area contributed by atoms with Crippen molar-refractivity contribution in [2.45, 2.75) is 12.5 Å². The predicted molar refractivity (Wildman–Crippen MR) is 87.5 cm³/mol. The Bertz CT molecular complexity index is 680. The largest absolute Gasteiger partial charge is 0.481 e. The molecule has 0 aliphatic carbocycles. The predicted octanol–water partition coefficient (Wildman–Crippen LogP) is 3.28. The first kappa shape index (κ1) is 14.5. The van der Waals surface area contributed by atoms with Crippen LogP contribution in [0.3, 0.4) is 0 Å². The topological polar surface area (TPSA) is 53.4 Å². The van der Waals surface area contributed by atoms with Gasteiger partial charge in [-0.2, -0.15) is 11.8 Å². The maximum Gasteiger partial charge on any atom is 0.305 e. The smallest absolute Gasteiger partial charge is 0.305 e. The maximum atomic E-state index is 11.1. The number of nitrogens with zero attached hydrogens (tertiary/aromatic N) is 2. The summed E-state index contributed by atoms with van der Waals surface area (Å²) >= 11 is 7.83. The van der Waals surface area contributed by atoms with Crippen molar-refractivity contribution in [2.24, 2.45) is 0 Å². The van der Waals surface area contributed by atoms with Gasteiger partial charge in [0.15, 0.2) is 0 Å². The number of carbonyl (C=O) groups is 1. The van der Waals surface area contributed by atoms with Gasteiger partial charge in [-0.05, 0) is 24.3 Å². The summed E-state index contributed by atoms with van der Waals surface area (Å²) in [5, 5.41) is 10.8. The van der Waals surface area contributed by atoms with E-state index in [1.807, 2.05) is 36.0 Å². The molecule has 6 heteroatoms. The summed E-state index contributed by atoms with van der Waals surface area (Å²) in [6.45, 7) is 0.852. The van der Waals surface area contributed by atoms with E-state index in [1.165, 1.54) is 0 Å². The van der Waals surface area contributed by atoms with Crippen LogP contribution in [0.25, 0.3) is 10.9 Å². The average molecular weight is 323 g/mol. The van der Waals surface area contributed by atoms with Gasteiger partial charge in [0, 0.05) is 46.4 Å². The lowest BCUT2D eigenvalue weighted by atomic mass is 10.1. The van der Waals surface area contributed by atoms with Crippen LogP contribution in [0.2, 0.25) is 5.02 Å². The minimum absolute atomic E-state index is 0.0162. The Balaban J connectivity index is 2.03. The molecule has 1 aliphatic rings. The summed E-state index contributed by atoms with van der Waals surface area (Å²) in [6.07, 6.45) is 1.91. The molecule has 0 amide bonds. The molecule has 2 aromatic rings. The van der Waals surface area contributed by atoms with Crippen molar-refractivity contribution in [3.63, 3.8) is 0 Å². The molecule has 1 aromatic heterocycles. The number of carboxylic acids is 1. The lowest BCUT2D eigenvalue weighted by Gasteiger charge is -2.37. The zero-order valence-corrected chi connectivity index (χ0v) is 12.9. The molecule has 1 N–H and O–H groups in total.